The minimum absolute atomic E-state index is 0.199. The second kappa shape index (κ2) is 5.83. The first-order valence-electron chi connectivity index (χ1n) is 6.73. The first-order chi connectivity index (χ1) is 8.24. The van der Waals surface area contributed by atoms with Crippen molar-refractivity contribution in [3.05, 3.63) is 0 Å². The van der Waals surface area contributed by atoms with Crippen LogP contribution in [0.3, 0.4) is 0 Å². The van der Waals surface area contributed by atoms with Gasteiger partial charge in [0.15, 0.2) is 0 Å². The number of rotatable bonds is 5. The predicted octanol–water partition coefficient (Wildman–Crippen LogP) is 1.06. The average Bonchev–Trinajstić information content (AvgIpc) is 2.47. The maximum absolute atomic E-state index is 11.2. The monoisotopic (exact) mass is 240 g/mol. The average molecular weight is 240 g/mol. The van der Waals surface area contributed by atoms with E-state index >= 15 is 0 Å². The molecule has 0 unspecified atom stereocenters. The van der Waals surface area contributed by atoms with E-state index in [4.69, 9.17) is 4.74 Å². The molecular weight excluding hydrogens is 216 g/mol. The Hall–Kier alpha value is -0.610. The molecule has 0 bridgehead atoms. The lowest BCUT2D eigenvalue weighted by atomic mass is 9.69. The fourth-order valence-electron chi connectivity index (χ4n) is 2.84. The topological polar surface area (TPSA) is 50.4 Å². The van der Waals surface area contributed by atoms with Crippen LogP contribution >= 0.6 is 0 Å². The first kappa shape index (κ1) is 12.8. The van der Waals surface area contributed by atoms with E-state index in [-0.39, 0.29) is 5.91 Å². The summed E-state index contributed by atoms with van der Waals surface area (Å²) in [6, 6.07) is 0.489. The van der Waals surface area contributed by atoms with Crippen molar-refractivity contribution in [2.24, 2.45) is 5.41 Å². The molecule has 1 saturated heterocycles. The van der Waals surface area contributed by atoms with Crippen LogP contribution in [0.5, 0.6) is 0 Å². The van der Waals surface area contributed by atoms with E-state index in [1.54, 1.807) is 7.11 Å². The zero-order chi connectivity index (χ0) is 12.1. The van der Waals surface area contributed by atoms with Gasteiger partial charge in [-0.3, -0.25) is 4.79 Å². The van der Waals surface area contributed by atoms with Gasteiger partial charge in [0, 0.05) is 38.1 Å². The van der Waals surface area contributed by atoms with Crippen molar-refractivity contribution in [1.29, 1.82) is 0 Å². The van der Waals surface area contributed by atoms with Crippen LogP contribution < -0.4 is 10.6 Å². The molecule has 1 saturated carbocycles. The van der Waals surface area contributed by atoms with Crippen LogP contribution in [0.25, 0.3) is 0 Å². The van der Waals surface area contributed by atoms with Crippen molar-refractivity contribution in [3.8, 4) is 0 Å². The Morgan fingerprint density at radius 1 is 1.47 bits per heavy atom. The molecule has 2 rings (SSSR count). The normalized spacial score (nSPS) is 28.1. The van der Waals surface area contributed by atoms with E-state index < -0.39 is 0 Å². The number of carbonyl (C=O) groups excluding carboxylic acids is 1. The lowest BCUT2D eigenvalue weighted by molar-refractivity contribution is -0.120. The van der Waals surface area contributed by atoms with Crippen molar-refractivity contribution < 1.29 is 9.53 Å². The lowest BCUT2D eigenvalue weighted by Gasteiger charge is -2.42. The van der Waals surface area contributed by atoms with E-state index in [0.29, 0.717) is 17.9 Å². The zero-order valence-electron chi connectivity index (χ0n) is 10.8. The predicted molar refractivity (Wildman–Crippen MR) is 66.8 cm³/mol. The number of carbonyl (C=O) groups is 1. The highest BCUT2D eigenvalue weighted by Crippen LogP contribution is 2.40. The van der Waals surface area contributed by atoms with Gasteiger partial charge >= 0.3 is 0 Å². The third kappa shape index (κ3) is 3.42. The van der Waals surface area contributed by atoms with Crippen LogP contribution in [0.2, 0.25) is 0 Å². The van der Waals surface area contributed by atoms with Crippen LogP contribution in [0.15, 0.2) is 0 Å². The molecule has 4 heteroatoms. The summed E-state index contributed by atoms with van der Waals surface area (Å²) in [5.41, 5.74) is 0.374. The van der Waals surface area contributed by atoms with Gasteiger partial charge in [-0.2, -0.15) is 0 Å². The van der Waals surface area contributed by atoms with E-state index in [9.17, 15) is 4.79 Å². The first-order valence-corrected chi connectivity index (χ1v) is 6.73. The Kier molecular flexibility index (Phi) is 4.40. The summed E-state index contributed by atoms with van der Waals surface area (Å²) in [5, 5.41) is 6.56. The van der Waals surface area contributed by atoms with Gasteiger partial charge in [-0.25, -0.2) is 0 Å². The Morgan fingerprint density at radius 2 is 2.29 bits per heavy atom. The lowest BCUT2D eigenvalue weighted by Crippen LogP contribution is -2.46. The summed E-state index contributed by atoms with van der Waals surface area (Å²) >= 11 is 0. The quantitative estimate of drug-likeness (QED) is 0.755. The summed E-state index contributed by atoms with van der Waals surface area (Å²) in [6.45, 7) is 2.72. The standard InChI is InChI=1S/C13H24N2O2/c1-17-10-13(6-2-7-13)9-15-11-3-4-12(16)14-8-5-11/h11,15H,2-10H2,1H3,(H,14,16)/t11-/m1/s1. The molecule has 4 nitrogen and oxygen atoms in total. The SMILES string of the molecule is COCC1(CN[C@H]2CCNC(=O)CC2)CCC1. The van der Waals surface area contributed by atoms with Crippen molar-refractivity contribution in [2.45, 2.75) is 44.6 Å². The van der Waals surface area contributed by atoms with Crippen LogP contribution in [0.1, 0.15) is 38.5 Å². The summed E-state index contributed by atoms with van der Waals surface area (Å²) < 4.78 is 5.32. The van der Waals surface area contributed by atoms with Crippen LogP contribution in [0.4, 0.5) is 0 Å². The van der Waals surface area contributed by atoms with Gasteiger partial charge in [0.1, 0.15) is 0 Å². The molecule has 1 amide bonds. The molecule has 2 N–H and O–H groups in total. The summed E-state index contributed by atoms with van der Waals surface area (Å²) in [6.07, 6.45) is 6.56. The molecule has 0 aromatic heterocycles. The number of hydrogen-bond donors (Lipinski definition) is 2. The summed E-state index contributed by atoms with van der Waals surface area (Å²) in [4.78, 5) is 11.2. The van der Waals surface area contributed by atoms with E-state index in [1.165, 1.54) is 19.3 Å². The molecule has 1 aliphatic carbocycles. The van der Waals surface area contributed by atoms with E-state index in [0.717, 1.165) is 32.5 Å². The number of methoxy groups -OCH3 is 1. The van der Waals surface area contributed by atoms with Gasteiger partial charge in [0.2, 0.25) is 5.91 Å². The number of hydrogen-bond acceptors (Lipinski definition) is 3. The van der Waals surface area contributed by atoms with E-state index in [1.807, 2.05) is 0 Å². The molecule has 2 fully saturated rings. The molecule has 1 atom stereocenters. The van der Waals surface area contributed by atoms with E-state index in [2.05, 4.69) is 10.6 Å². The van der Waals surface area contributed by atoms with Gasteiger partial charge in [-0.1, -0.05) is 6.42 Å². The van der Waals surface area contributed by atoms with Crippen LogP contribution in [-0.2, 0) is 9.53 Å². The fourth-order valence-corrected chi connectivity index (χ4v) is 2.84. The fraction of sp³-hybridized carbons (Fsp3) is 0.923. The van der Waals surface area contributed by atoms with Crippen molar-refractivity contribution >= 4 is 5.91 Å². The molecule has 1 heterocycles. The largest absolute Gasteiger partial charge is 0.384 e. The highest BCUT2D eigenvalue weighted by Gasteiger charge is 2.37. The molecule has 0 spiro atoms. The highest BCUT2D eigenvalue weighted by atomic mass is 16.5. The molecule has 0 aromatic carbocycles. The molecule has 98 valence electrons. The molecule has 0 radical (unpaired) electrons. The number of ether oxygens (including phenoxy) is 1. The third-order valence-electron chi connectivity index (χ3n) is 4.17. The van der Waals surface area contributed by atoms with Crippen molar-refractivity contribution in [1.82, 2.24) is 10.6 Å². The molecule has 0 aromatic rings. The van der Waals surface area contributed by atoms with Crippen molar-refractivity contribution in [3.63, 3.8) is 0 Å². The van der Waals surface area contributed by atoms with Gasteiger partial charge in [-0.15, -0.1) is 0 Å². The maximum atomic E-state index is 11.2. The molecule has 1 aliphatic heterocycles. The Bertz CT molecular complexity index is 264. The van der Waals surface area contributed by atoms with Gasteiger partial charge < -0.3 is 15.4 Å². The maximum Gasteiger partial charge on any atom is 0.220 e. The second-order valence-corrected chi connectivity index (χ2v) is 5.54. The minimum atomic E-state index is 0.199. The third-order valence-corrected chi connectivity index (χ3v) is 4.17. The highest BCUT2D eigenvalue weighted by molar-refractivity contribution is 5.76. The molecular formula is C13H24N2O2. The Balaban J connectivity index is 1.74. The number of nitrogens with one attached hydrogen (secondary N) is 2. The van der Waals surface area contributed by atoms with Gasteiger partial charge in [-0.05, 0) is 25.7 Å². The summed E-state index contributed by atoms with van der Waals surface area (Å²) in [7, 11) is 1.79. The second-order valence-electron chi connectivity index (χ2n) is 5.54. The number of amides is 1. The van der Waals surface area contributed by atoms with Crippen molar-refractivity contribution in [2.75, 3.05) is 26.8 Å². The summed E-state index contributed by atoms with van der Waals surface area (Å²) in [5.74, 6) is 0.199. The minimum Gasteiger partial charge on any atom is -0.384 e. The Labute approximate surface area is 103 Å². The van der Waals surface area contributed by atoms with Gasteiger partial charge in [0.25, 0.3) is 0 Å². The zero-order valence-corrected chi connectivity index (χ0v) is 10.8. The smallest absolute Gasteiger partial charge is 0.220 e. The van der Waals surface area contributed by atoms with Crippen LogP contribution in [-0.4, -0.2) is 38.8 Å². The molecule has 17 heavy (non-hydrogen) atoms. The van der Waals surface area contributed by atoms with Gasteiger partial charge in [0.05, 0.1) is 6.61 Å². The molecule has 2 aliphatic rings. The Morgan fingerprint density at radius 3 is 2.94 bits per heavy atom. The van der Waals surface area contributed by atoms with Crippen LogP contribution in [0, 0.1) is 5.41 Å².